The molecule has 168 valence electrons. The number of carbonyl (C=O) groups is 2. The van der Waals surface area contributed by atoms with Crippen LogP contribution in [0.15, 0.2) is 51.4 Å². The summed E-state index contributed by atoms with van der Waals surface area (Å²) < 4.78 is 16.5. The first-order valence-corrected chi connectivity index (χ1v) is 10.7. The number of ether oxygens (including phenoxy) is 1. The molecule has 2 aromatic heterocycles. The molecule has 1 aliphatic rings. The summed E-state index contributed by atoms with van der Waals surface area (Å²) in [5.41, 5.74) is 1.91. The molecule has 0 radical (unpaired) electrons. The van der Waals surface area contributed by atoms with Gasteiger partial charge in [-0.1, -0.05) is 30.3 Å². The summed E-state index contributed by atoms with van der Waals surface area (Å²) in [5.74, 6) is 1.74. The van der Waals surface area contributed by atoms with E-state index in [0.717, 1.165) is 11.1 Å². The van der Waals surface area contributed by atoms with E-state index in [2.05, 4.69) is 10.3 Å². The Morgan fingerprint density at radius 1 is 1.22 bits per heavy atom. The van der Waals surface area contributed by atoms with Crippen LogP contribution in [0.1, 0.15) is 41.3 Å². The second-order valence-electron chi connectivity index (χ2n) is 8.11. The third-order valence-corrected chi connectivity index (χ3v) is 5.54. The summed E-state index contributed by atoms with van der Waals surface area (Å²) in [4.78, 5) is 31.1. The minimum absolute atomic E-state index is 0.0189. The van der Waals surface area contributed by atoms with E-state index >= 15 is 0 Å². The molecule has 0 spiro atoms. The Labute approximate surface area is 186 Å². The van der Waals surface area contributed by atoms with Crippen LogP contribution in [-0.2, 0) is 16.1 Å². The number of aryl methyl sites for hydroxylation is 2. The number of hydrogen-bond donors (Lipinski definition) is 1. The van der Waals surface area contributed by atoms with Gasteiger partial charge in [0, 0.05) is 24.2 Å². The smallest absolute Gasteiger partial charge is 0.289 e. The zero-order valence-corrected chi connectivity index (χ0v) is 18.5. The number of aromatic nitrogens is 1. The van der Waals surface area contributed by atoms with Crippen LogP contribution in [0.5, 0.6) is 0 Å². The van der Waals surface area contributed by atoms with Crippen LogP contribution in [0, 0.1) is 13.8 Å². The van der Waals surface area contributed by atoms with Crippen molar-refractivity contribution >= 4 is 11.8 Å². The molecule has 3 heterocycles. The van der Waals surface area contributed by atoms with Crippen molar-refractivity contribution in [1.29, 1.82) is 0 Å². The first-order valence-electron chi connectivity index (χ1n) is 10.7. The van der Waals surface area contributed by atoms with Gasteiger partial charge in [-0.2, -0.15) is 0 Å². The van der Waals surface area contributed by atoms with Crippen molar-refractivity contribution in [3.63, 3.8) is 0 Å². The van der Waals surface area contributed by atoms with Gasteiger partial charge in [-0.25, -0.2) is 4.98 Å². The Kier molecular flexibility index (Phi) is 6.41. The molecular weight excluding hydrogens is 410 g/mol. The fraction of sp³-hybridized carbons (Fsp3) is 0.375. The van der Waals surface area contributed by atoms with Crippen molar-refractivity contribution in [2.45, 2.75) is 45.9 Å². The molecule has 1 N–H and O–H groups in total. The van der Waals surface area contributed by atoms with Crippen molar-refractivity contribution in [1.82, 2.24) is 15.2 Å². The molecule has 0 bridgehead atoms. The number of nitrogens with one attached hydrogen (secondary N) is 1. The van der Waals surface area contributed by atoms with Gasteiger partial charge in [0.25, 0.3) is 5.91 Å². The Morgan fingerprint density at radius 2 is 2.00 bits per heavy atom. The summed E-state index contributed by atoms with van der Waals surface area (Å²) in [7, 11) is 0. The first kappa shape index (κ1) is 21.8. The summed E-state index contributed by atoms with van der Waals surface area (Å²) in [5, 5.41) is 2.94. The number of amides is 2. The number of benzene rings is 1. The van der Waals surface area contributed by atoms with Crippen molar-refractivity contribution < 1.29 is 23.2 Å². The lowest BCUT2D eigenvalue weighted by Gasteiger charge is -2.20. The highest BCUT2D eigenvalue weighted by Gasteiger charge is 2.35. The monoisotopic (exact) mass is 437 g/mol. The number of rotatable bonds is 7. The average molecular weight is 437 g/mol. The molecule has 1 saturated heterocycles. The standard InChI is InChI=1S/C24H27N3O5/c1-15-9-19(26-22(28)13-30-14-23-25-11-16(2)31-23)12-27(15)24(29)21-10-20(17(3)32-21)18-7-5-4-6-8-18/h4-8,10-11,15,19H,9,12-14H2,1-3H3,(H,26,28). The number of hydrogen-bond acceptors (Lipinski definition) is 6. The number of carbonyl (C=O) groups excluding carboxylic acids is 2. The van der Waals surface area contributed by atoms with Gasteiger partial charge in [0.15, 0.2) is 5.76 Å². The zero-order valence-electron chi connectivity index (χ0n) is 18.5. The molecule has 3 aromatic rings. The van der Waals surface area contributed by atoms with E-state index in [1.807, 2.05) is 44.2 Å². The van der Waals surface area contributed by atoms with Crippen molar-refractivity contribution in [3.8, 4) is 11.1 Å². The maximum Gasteiger partial charge on any atom is 0.289 e. The number of furan rings is 1. The lowest BCUT2D eigenvalue weighted by atomic mass is 10.1. The summed E-state index contributed by atoms with van der Waals surface area (Å²) in [6.45, 7) is 6.08. The van der Waals surface area contributed by atoms with Gasteiger partial charge in [0.05, 0.1) is 6.20 Å². The molecule has 1 fully saturated rings. The molecule has 4 rings (SSSR count). The average Bonchev–Trinajstić information content (AvgIpc) is 3.46. The van der Waals surface area contributed by atoms with Crippen molar-refractivity contribution in [2.24, 2.45) is 0 Å². The van der Waals surface area contributed by atoms with E-state index in [4.69, 9.17) is 13.6 Å². The maximum atomic E-state index is 13.1. The zero-order chi connectivity index (χ0) is 22.7. The fourth-order valence-corrected chi connectivity index (χ4v) is 4.02. The van der Waals surface area contributed by atoms with E-state index in [1.165, 1.54) is 0 Å². The topological polar surface area (TPSA) is 97.8 Å². The molecule has 1 aliphatic heterocycles. The summed E-state index contributed by atoms with van der Waals surface area (Å²) in [6, 6.07) is 11.5. The van der Waals surface area contributed by atoms with Crippen LogP contribution in [0.4, 0.5) is 0 Å². The van der Waals surface area contributed by atoms with Crippen LogP contribution < -0.4 is 5.32 Å². The summed E-state index contributed by atoms with van der Waals surface area (Å²) >= 11 is 0. The molecule has 1 aromatic carbocycles. The van der Waals surface area contributed by atoms with E-state index < -0.39 is 0 Å². The maximum absolute atomic E-state index is 13.1. The SMILES string of the molecule is Cc1cnc(COCC(=O)NC2CC(C)N(C(=O)c3cc(-c4ccccc4)c(C)o3)C2)o1. The second-order valence-corrected chi connectivity index (χ2v) is 8.11. The lowest BCUT2D eigenvalue weighted by Crippen LogP contribution is -2.40. The molecule has 0 saturated carbocycles. The third-order valence-electron chi connectivity index (χ3n) is 5.54. The van der Waals surface area contributed by atoms with E-state index in [9.17, 15) is 9.59 Å². The molecule has 8 nitrogen and oxygen atoms in total. The number of likely N-dealkylation sites (tertiary alicyclic amines) is 1. The minimum atomic E-state index is -0.236. The Bertz CT molecular complexity index is 1090. The lowest BCUT2D eigenvalue weighted by molar-refractivity contribution is -0.126. The van der Waals surface area contributed by atoms with Crippen molar-refractivity contribution in [2.75, 3.05) is 13.2 Å². The predicted molar refractivity (Wildman–Crippen MR) is 117 cm³/mol. The molecule has 2 unspecified atom stereocenters. The highest BCUT2D eigenvalue weighted by atomic mass is 16.5. The van der Waals surface area contributed by atoms with Crippen molar-refractivity contribution in [3.05, 3.63) is 65.8 Å². The van der Waals surface area contributed by atoms with Gasteiger partial charge in [0.2, 0.25) is 11.8 Å². The van der Waals surface area contributed by atoms with Gasteiger partial charge < -0.3 is 23.8 Å². The van der Waals surface area contributed by atoms with E-state index in [1.54, 1.807) is 24.1 Å². The molecular formula is C24H27N3O5. The Morgan fingerprint density at radius 3 is 2.72 bits per heavy atom. The molecule has 8 heteroatoms. The minimum Gasteiger partial charge on any atom is -0.456 e. The molecule has 2 amide bonds. The first-order chi connectivity index (χ1) is 15.4. The summed E-state index contributed by atoms with van der Waals surface area (Å²) in [6.07, 6.45) is 2.27. The van der Waals surface area contributed by atoms with Crippen LogP contribution in [0.2, 0.25) is 0 Å². The highest BCUT2D eigenvalue weighted by Crippen LogP contribution is 2.29. The number of oxazole rings is 1. The van der Waals surface area contributed by atoms with Crippen LogP contribution >= 0.6 is 0 Å². The Hall–Kier alpha value is -3.39. The van der Waals surface area contributed by atoms with Gasteiger partial charge in [-0.15, -0.1) is 0 Å². The van der Waals surface area contributed by atoms with Gasteiger partial charge >= 0.3 is 0 Å². The molecule has 2 atom stereocenters. The number of nitrogens with zero attached hydrogens (tertiary/aromatic N) is 2. The van der Waals surface area contributed by atoms with Gasteiger partial charge in [-0.05, 0) is 38.8 Å². The quantitative estimate of drug-likeness (QED) is 0.608. The normalized spacial score (nSPS) is 18.2. The van der Waals surface area contributed by atoms with Gasteiger partial charge in [-0.3, -0.25) is 9.59 Å². The van der Waals surface area contributed by atoms with Crippen LogP contribution in [0.25, 0.3) is 11.1 Å². The molecule has 0 aliphatic carbocycles. The van der Waals surface area contributed by atoms with Crippen LogP contribution in [0.3, 0.4) is 0 Å². The second kappa shape index (κ2) is 9.40. The Balaban J connectivity index is 1.32. The highest BCUT2D eigenvalue weighted by molar-refractivity contribution is 5.93. The predicted octanol–water partition coefficient (Wildman–Crippen LogP) is 3.49. The largest absolute Gasteiger partial charge is 0.456 e. The van der Waals surface area contributed by atoms with Crippen LogP contribution in [-0.4, -0.2) is 46.9 Å². The molecule has 32 heavy (non-hydrogen) atoms. The van der Waals surface area contributed by atoms with E-state index in [-0.39, 0.29) is 37.1 Å². The fourth-order valence-electron chi connectivity index (χ4n) is 4.02. The third kappa shape index (κ3) is 4.91. The van der Waals surface area contributed by atoms with Gasteiger partial charge in [0.1, 0.15) is 24.7 Å². The van der Waals surface area contributed by atoms with E-state index in [0.29, 0.717) is 36.1 Å².